The number of amides is 2. The van der Waals surface area contributed by atoms with Crippen molar-refractivity contribution in [1.29, 1.82) is 0 Å². The van der Waals surface area contributed by atoms with Crippen molar-refractivity contribution < 1.29 is 14.0 Å². The Kier molecular flexibility index (Phi) is 5.21. The van der Waals surface area contributed by atoms with Crippen molar-refractivity contribution in [2.75, 3.05) is 0 Å². The van der Waals surface area contributed by atoms with Gasteiger partial charge in [0.05, 0.1) is 4.88 Å². The lowest BCUT2D eigenvalue weighted by Gasteiger charge is -2.19. The molecule has 0 saturated carbocycles. The molecule has 2 amide bonds. The molecule has 0 bridgehead atoms. The number of nitrogens with zero attached hydrogens (tertiary/aromatic N) is 2. The van der Waals surface area contributed by atoms with E-state index in [1.807, 2.05) is 6.07 Å². The predicted molar refractivity (Wildman–Crippen MR) is 105 cm³/mol. The van der Waals surface area contributed by atoms with Crippen LogP contribution in [0.5, 0.6) is 0 Å². The third-order valence-corrected chi connectivity index (χ3v) is 6.27. The normalized spacial score (nSPS) is 15.7. The first-order valence-electron chi connectivity index (χ1n) is 9.23. The molecular formula is C20H20N4O3S. The molecule has 7 nitrogen and oxygen atoms in total. The number of hydrogen-bond donors (Lipinski definition) is 2. The number of thiophene rings is 1. The molecule has 4 rings (SSSR count). The Morgan fingerprint density at radius 1 is 1.21 bits per heavy atom. The quantitative estimate of drug-likeness (QED) is 0.659. The van der Waals surface area contributed by atoms with Crippen LogP contribution in [0.1, 0.15) is 50.2 Å². The van der Waals surface area contributed by atoms with Crippen molar-refractivity contribution in [3.63, 3.8) is 0 Å². The maximum Gasteiger partial charge on any atom is 0.279 e. The van der Waals surface area contributed by atoms with Gasteiger partial charge < -0.3 is 4.42 Å². The van der Waals surface area contributed by atoms with Gasteiger partial charge >= 0.3 is 0 Å². The number of hydrazine groups is 1. The summed E-state index contributed by atoms with van der Waals surface area (Å²) in [5.74, 6) is 0.404. The molecule has 0 spiro atoms. The van der Waals surface area contributed by atoms with Gasteiger partial charge in [-0.3, -0.25) is 20.4 Å². The van der Waals surface area contributed by atoms with Gasteiger partial charge in [-0.2, -0.15) is 0 Å². The molecule has 0 unspecified atom stereocenters. The Labute approximate surface area is 166 Å². The first-order valence-corrected chi connectivity index (χ1v) is 10.0. The molecule has 1 aromatic carbocycles. The van der Waals surface area contributed by atoms with Gasteiger partial charge in [0, 0.05) is 16.0 Å². The first-order chi connectivity index (χ1) is 13.6. The highest BCUT2D eigenvalue weighted by Gasteiger charge is 2.22. The topological polar surface area (TPSA) is 97.1 Å². The van der Waals surface area contributed by atoms with E-state index in [1.54, 1.807) is 24.3 Å². The van der Waals surface area contributed by atoms with E-state index in [2.05, 4.69) is 28.0 Å². The third-order valence-electron chi connectivity index (χ3n) is 5.03. The summed E-state index contributed by atoms with van der Waals surface area (Å²) in [6, 6.07) is 8.65. The molecule has 8 heteroatoms. The summed E-state index contributed by atoms with van der Waals surface area (Å²) in [4.78, 5) is 26.6. The van der Waals surface area contributed by atoms with Crippen molar-refractivity contribution in [2.45, 2.75) is 32.6 Å². The van der Waals surface area contributed by atoms with Crippen LogP contribution in [0, 0.1) is 5.92 Å². The van der Waals surface area contributed by atoms with Gasteiger partial charge in [0.25, 0.3) is 11.8 Å². The van der Waals surface area contributed by atoms with Gasteiger partial charge in [0.2, 0.25) is 12.3 Å². The molecular weight excluding hydrogens is 376 g/mol. The van der Waals surface area contributed by atoms with Crippen LogP contribution >= 0.6 is 11.3 Å². The maximum absolute atomic E-state index is 12.4. The molecule has 1 aliphatic carbocycles. The van der Waals surface area contributed by atoms with E-state index < -0.39 is 5.91 Å². The Bertz CT molecular complexity index is 980. The van der Waals surface area contributed by atoms with E-state index in [0.29, 0.717) is 27.8 Å². The number of benzene rings is 1. The van der Waals surface area contributed by atoms with Crippen LogP contribution in [-0.4, -0.2) is 22.0 Å². The molecule has 2 N–H and O–H groups in total. The molecule has 2 heterocycles. The SMILES string of the molecule is CC[C@H]1CCc2sc(C(=O)NNC(=O)c3ccc(-c4nnco4)cc3)cc2C1. The smallest absolute Gasteiger partial charge is 0.279 e. The molecule has 0 fully saturated rings. The molecule has 0 aliphatic heterocycles. The number of carbonyl (C=O) groups is 2. The average Bonchev–Trinajstić information content (AvgIpc) is 3.41. The highest BCUT2D eigenvalue weighted by atomic mass is 32.1. The minimum absolute atomic E-state index is 0.289. The van der Waals surface area contributed by atoms with Crippen LogP contribution < -0.4 is 10.9 Å². The van der Waals surface area contributed by atoms with Crippen molar-refractivity contribution in [3.05, 3.63) is 57.6 Å². The predicted octanol–water partition coefficient (Wildman–Crippen LogP) is 3.39. The second kappa shape index (κ2) is 7.93. The largest absolute Gasteiger partial charge is 0.423 e. The Morgan fingerprint density at radius 3 is 2.71 bits per heavy atom. The van der Waals surface area contributed by atoms with Crippen LogP contribution in [-0.2, 0) is 12.8 Å². The van der Waals surface area contributed by atoms with Crippen LogP contribution in [0.4, 0.5) is 0 Å². The monoisotopic (exact) mass is 396 g/mol. The first kappa shape index (κ1) is 18.4. The van der Waals surface area contributed by atoms with Gasteiger partial charge in [-0.05, 0) is 61.1 Å². The zero-order valence-corrected chi connectivity index (χ0v) is 16.2. The average molecular weight is 396 g/mol. The van der Waals surface area contributed by atoms with Crippen LogP contribution in [0.25, 0.3) is 11.5 Å². The number of fused-ring (bicyclic) bond motifs is 1. The minimum Gasteiger partial charge on any atom is -0.423 e. The van der Waals surface area contributed by atoms with Gasteiger partial charge in [-0.1, -0.05) is 13.3 Å². The summed E-state index contributed by atoms with van der Waals surface area (Å²) in [5, 5.41) is 7.44. The molecule has 0 saturated heterocycles. The van der Waals surface area contributed by atoms with Crippen molar-refractivity contribution in [1.82, 2.24) is 21.0 Å². The Balaban J connectivity index is 1.36. The zero-order valence-electron chi connectivity index (χ0n) is 15.4. The lowest BCUT2D eigenvalue weighted by atomic mass is 9.87. The number of aryl methyl sites for hydroxylation is 1. The number of carbonyl (C=O) groups excluding carboxylic acids is 2. The van der Waals surface area contributed by atoms with Crippen LogP contribution in [0.3, 0.4) is 0 Å². The van der Waals surface area contributed by atoms with E-state index in [1.165, 1.54) is 34.6 Å². The summed E-state index contributed by atoms with van der Waals surface area (Å²) in [6.07, 6.45) is 5.66. The standard InChI is InChI=1S/C20H20N4O3S/c1-2-12-3-8-16-15(9-12)10-17(28-16)19(26)23-22-18(25)13-4-6-14(7-5-13)20-24-21-11-27-20/h4-7,10-12H,2-3,8-9H2,1H3,(H,22,25)(H,23,26)/t12-/m0/s1. The van der Waals surface area contributed by atoms with Gasteiger partial charge in [-0.25, -0.2) is 0 Å². The maximum atomic E-state index is 12.4. The van der Waals surface area contributed by atoms with Crippen LogP contribution in [0.2, 0.25) is 0 Å². The third kappa shape index (κ3) is 3.82. The molecule has 1 atom stereocenters. The van der Waals surface area contributed by atoms with E-state index in [9.17, 15) is 9.59 Å². The summed E-state index contributed by atoms with van der Waals surface area (Å²) in [6.45, 7) is 2.21. The Hall–Kier alpha value is -3.00. The fourth-order valence-electron chi connectivity index (χ4n) is 3.37. The number of nitrogens with one attached hydrogen (secondary N) is 2. The fraction of sp³-hybridized carbons (Fsp3) is 0.300. The van der Waals surface area contributed by atoms with Crippen molar-refractivity contribution in [3.8, 4) is 11.5 Å². The number of rotatable bonds is 4. The summed E-state index contributed by atoms with van der Waals surface area (Å²) < 4.78 is 5.12. The summed E-state index contributed by atoms with van der Waals surface area (Å²) in [7, 11) is 0. The molecule has 28 heavy (non-hydrogen) atoms. The lowest BCUT2D eigenvalue weighted by molar-refractivity contribution is 0.0849. The second-order valence-electron chi connectivity index (χ2n) is 6.81. The number of aromatic nitrogens is 2. The Morgan fingerprint density at radius 2 is 2.00 bits per heavy atom. The summed E-state index contributed by atoms with van der Waals surface area (Å²) >= 11 is 1.52. The van der Waals surface area contributed by atoms with Gasteiger partial charge in [-0.15, -0.1) is 21.5 Å². The van der Waals surface area contributed by atoms with E-state index >= 15 is 0 Å². The van der Waals surface area contributed by atoms with E-state index in [0.717, 1.165) is 19.3 Å². The van der Waals surface area contributed by atoms with Crippen molar-refractivity contribution in [2.24, 2.45) is 5.92 Å². The molecule has 0 radical (unpaired) electrons. The van der Waals surface area contributed by atoms with Gasteiger partial charge in [0.15, 0.2) is 0 Å². The highest BCUT2D eigenvalue weighted by Crippen LogP contribution is 2.33. The fourth-order valence-corrected chi connectivity index (χ4v) is 4.47. The molecule has 144 valence electrons. The summed E-state index contributed by atoms with van der Waals surface area (Å²) in [5.41, 5.74) is 7.38. The minimum atomic E-state index is -0.391. The second-order valence-corrected chi connectivity index (χ2v) is 7.94. The lowest BCUT2D eigenvalue weighted by Crippen LogP contribution is -2.41. The molecule has 2 aromatic heterocycles. The number of hydrogen-bond acceptors (Lipinski definition) is 6. The van der Waals surface area contributed by atoms with Gasteiger partial charge in [0.1, 0.15) is 0 Å². The molecule has 3 aromatic rings. The van der Waals surface area contributed by atoms with Crippen molar-refractivity contribution >= 4 is 23.2 Å². The molecule has 1 aliphatic rings. The van der Waals surface area contributed by atoms with Crippen LogP contribution in [0.15, 0.2) is 41.1 Å². The zero-order chi connectivity index (χ0) is 19.5. The van der Waals surface area contributed by atoms with E-state index in [4.69, 9.17) is 4.42 Å². The highest BCUT2D eigenvalue weighted by molar-refractivity contribution is 7.14. The van der Waals surface area contributed by atoms with E-state index in [-0.39, 0.29) is 5.91 Å².